The highest BCUT2D eigenvalue weighted by atomic mass is 32.1. The minimum Gasteiger partial charge on any atom is -0.349 e. The molecule has 1 amide bonds. The molecule has 2 aromatic carbocycles. The van der Waals surface area contributed by atoms with Gasteiger partial charge in [-0.05, 0) is 51.3 Å². The van der Waals surface area contributed by atoms with Gasteiger partial charge in [-0.3, -0.25) is 4.79 Å². The summed E-state index contributed by atoms with van der Waals surface area (Å²) in [6.45, 7) is 7.77. The number of thiazole rings is 1. The molecule has 0 saturated carbocycles. The molecule has 1 saturated heterocycles. The van der Waals surface area contributed by atoms with E-state index in [2.05, 4.69) is 53.5 Å². The maximum Gasteiger partial charge on any atom is 0.225 e. The third kappa shape index (κ3) is 4.37. The highest BCUT2D eigenvalue weighted by molar-refractivity contribution is 7.22. The van der Waals surface area contributed by atoms with E-state index < -0.39 is 0 Å². The minimum absolute atomic E-state index is 0.000306. The number of carbonyl (C=O) groups is 1. The van der Waals surface area contributed by atoms with Crippen molar-refractivity contribution in [3.8, 4) is 5.69 Å². The number of nitrogens with one attached hydrogen (secondary N) is 1. The highest BCUT2D eigenvalue weighted by Crippen LogP contribution is 2.34. The van der Waals surface area contributed by atoms with Crippen LogP contribution in [0.5, 0.6) is 0 Å². The van der Waals surface area contributed by atoms with E-state index in [1.54, 1.807) is 11.3 Å². The molecule has 0 spiro atoms. The second kappa shape index (κ2) is 8.98. The van der Waals surface area contributed by atoms with Crippen molar-refractivity contribution in [2.75, 3.05) is 18.0 Å². The maximum atomic E-state index is 13.0. The van der Waals surface area contributed by atoms with Crippen LogP contribution < -0.4 is 10.2 Å². The quantitative estimate of drug-likeness (QED) is 0.446. The van der Waals surface area contributed by atoms with Gasteiger partial charge in [-0.2, -0.15) is 10.1 Å². The number of rotatable bonds is 5. The molecule has 33 heavy (non-hydrogen) atoms. The number of amides is 1. The number of piperidine rings is 1. The molecule has 0 unspecified atom stereocenters. The molecule has 7 heteroatoms. The molecule has 2 atom stereocenters. The Bertz CT molecular complexity index is 1260. The molecule has 0 aliphatic carbocycles. The zero-order chi connectivity index (χ0) is 22.9. The largest absolute Gasteiger partial charge is 0.349 e. The molecule has 6 nitrogen and oxygen atoms in total. The highest BCUT2D eigenvalue weighted by Gasteiger charge is 2.29. The van der Waals surface area contributed by atoms with Crippen molar-refractivity contribution in [2.24, 2.45) is 5.92 Å². The molecule has 2 aromatic heterocycles. The lowest BCUT2D eigenvalue weighted by molar-refractivity contribution is -0.125. The summed E-state index contributed by atoms with van der Waals surface area (Å²) in [5.74, 6) is 0.0887. The first-order chi connectivity index (χ1) is 16.0. The number of fused-ring (bicyclic) bond motifs is 1. The molecule has 1 aliphatic heterocycles. The van der Waals surface area contributed by atoms with Crippen molar-refractivity contribution >= 4 is 32.7 Å². The number of benzene rings is 2. The van der Waals surface area contributed by atoms with Crippen LogP contribution in [0.1, 0.15) is 42.6 Å². The Labute approximate surface area is 198 Å². The normalized spacial score (nSPS) is 17.3. The Hall–Kier alpha value is -3.19. The van der Waals surface area contributed by atoms with Crippen LogP contribution in [-0.2, 0) is 4.79 Å². The van der Waals surface area contributed by atoms with Crippen molar-refractivity contribution in [2.45, 2.75) is 39.7 Å². The summed E-state index contributed by atoms with van der Waals surface area (Å²) in [5.41, 5.74) is 5.23. The smallest absolute Gasteiger partial charge is 0.225 e. The van der Waals surface area contributed by atoms with Gasteiger partial charge in [0.25, 0.3) is 0 Å². The van der Waals surface area contributed by atoms with E-state index in [-0.39, 0.29) is 17.9 Å². The van der Waals surface area contributed by atoms with Crippen LogP contribution in [0.3, 0.4) is 0 Å². The van der Waals surface area contributed by atoms with Gasteiger partial charge >= 0.3 is 0 Å². The summed E-state index contributed by atoms with van der Waals surface area (Å²) in [4.78, 5) is 20.3. The van der Waals surface area contributed by atoms with Crippen molar-refractivity contribution < 1.29 is 4.79 Å². The Morgan fingerprint density at radius 3 is 2.64 bits per heavy atom. The zero-order valence-corrected chi connectivity index (χ0v) is 20.1. The van der Waals surface area contributed by atoms with Crippen LogP contribution in [0.25, 0.3) is 16.0 Å². The monoisotopic (exact) mass is 459 g/mol. The van der Waals surface area contributed by atoms with Crippen molar-refractivity contribution in [3.05, 3.63) is 71.4 Å². The third-order valence-electron chi connectivity index (χ3n) is 6.38. The summed E-state index contributed by atoms with van der Waals surface area (Å²) in [6, 6.07) is 18.5. The first-order valence-corrected chi connectivity index (χ1v) is 12.3. The van der Waals surface area contributed by atoms with Gasteiger partial charge in [0, 0.05) is 13.1 Å². The van der Waals surface area contributed by atoms with E-state index in [1.807, 2.05) is 36.7 Å². The lowest BCUT2D eigenvalue weighted by Gasteiger charge is -2.32. The molecular weight excluding hydrogens is 430 g/mol. The molecule has 170 valence electrons. The van der Waals surface area contributed by atoms with Crippen molar-refractivity contribution in [1.29, 1.82) is 0 Å². The molecule has 0 bridgehead atoms. The Morgan fingerprint density at radius 2 is 1.88 bits per heavy atom. The van der Waals surface area contributed by atoms with E-state index in [9.17, 15) is 4.79 Å². The topological polar surface area (TPSA) is 63.1 Å². The Morgan fingerprint density at radius 1 is 1.12 bits per heavy atom. The van der Waals surface area contributed by atoms with Crippen molar-refractivity contribution in [1.82, 2.24) is 20.1 Å². The molecular formula is C26H29N5OS. The number of nitrogens with zero attached hydrogens (tertiary/aromatic N) is 4. The molecule has 0 radical (unpaired) electrons. The molecule has 1 fully saturated rings. The average Bonchev–Trinajstić information content (AvgIpc) is 3.41. The summed E-state index contributed by atoms with van der Waals surface area (Å²) in [5, 5.41) is 8.90. The molecule has 3 heterocycles. The van der Waals surface area contributed by atoms with E-state index in [0.29, 0.717) is 6.54 Å². The number of hydrogen-bond donors (Lipinski definition) is 1. The maximum absolute atomic E-state index is 13.0. The van der Waals surface area contributed by atoms with Gasteiger partial charge < -0.3 is 10.2 Å². The number of carbonyl (C=O) groups excluding carboxylic acids is 1. The van der Waals surface area contributed by atoms with E-state index in [4.69, 9.17) is 10.1 Å². The zero-order valence-electron chi connectivity index (χ0n) is 19.3. The molecule has 4 aromatic rings. The van der Waals surface area contributed by atoms with Crippen LogP contribution >= 0.6 is 11.3 Å². The SMILES string of the molecule is Cc1ccc(-n2nc(C)c3sc(N4CCC[C@H](C(=O)N[C@H](C)c5ccccc5)C4)nc32)cc1. The fraction of sp³-hybridized carbons (Fsp3) is 0.346. The Balaban J connectivity index is 1.34. The average molecular weight is 460 g/mol. The second-order valence-corrected chi connectivity index (χ2v) is 9.89. The van der Waals surface area contributed by atoms with Gasteiger partial charge in [-0.1, -0.05) is 59.4 Å². The lowest BCUT2D eigenvalue weighted by Crippen LogP contribution is -2.43. The van der Waals surface area contributed by atoms with Gasteiger partial charge in [0.1, 0.15) is 0 Å². The molecule has 1 aliphatic rings. The summed E-state index contributed by atoms with van der Waals surface area (Å²) in [7, 11) is 0. The van der Waals surface area contributed by atoms with Gasteiger partial charge in [-0.25, -0.2) is 4.68 Å². The summed E-state index contributed by atoms with van der Waals surface area (Å²) >= 11 is 1.67. The fourth-order valence-electron chi connectivity index (χ4n) is 4.45. The summed E-state index contributed by atoms with van der Waals surface area (Å²) < 4.78 is 3.04. The lowest BCUT2D eigenvalue weighted by atomic mass is 9.96. The minimum atomic E-state index is -0.0355. The number of hydrogen-bond acceptors (Lipinski definition) is 5. The Kier molecular flexibility index (Phi) is 5.89. The molecule has 1 N–H and O–H groups in total. The van der Waals surface area contributed by atoms with Crippen LogP contribution in [0, 0.1) is 19.8 Å². The number of aromatic nitrogens is 3. The van der Waals surface area contributed by atoms with Gasteiger partial charge in [-0.15, -0.1) is 0 Å². The first kappa shape index (κ1) is 21.6. The second-order valence-electron chi connectivity index (χ2n) is 8.91. The summed E-state index contributed by atoms with van der Waals surface area (Å²) in [6.07, 6.45) is 1.89. The predicted octanol–water partition coefficient (Wildman–Crippen LogP) is 5.19. The van der Waals surface area contributed by atoms with Crippen LogP contribution in [0.4, 0.5) is 5.13 Å². The predicted molar refractivity (Wildman–Crippen MR) is 134 cm³/mol. The van der Waals surface area contributed by atoms with Crippen molar-refractivity contribution in [3.63, 3.8) is 0 Å². The van der Waals surface area contributed by atoms with Crippen LogP contribution in [0.2, 0.25) is 0 Å². The standard InChI is InChI=1S/C26H29N5OS/c1-17-11-13-22(14-12-17)31-24-23(19(3)29-31)33-26(28-24)30-15-7-10-21(16-30)25(32)27-18(2)20-8-5-4-6-9-20/h4-6,8-9,11-14,18,21H,7,10,15-16H2,1-3H3,(H,27,32)/t18-,21+/m1/s1. The first-order valence-electron chi connectivity index (χ1n) is 11.5. The molecule has 5 rings (SSSR count). The van der Waals surface area contributed by atoms with Gasteiger partial charge in [0.15, 0.2) is 10.8 Å². The fourth-order valence-corrected chi connectivity index (χ4v) is 5.47. The number of aryl methyl sites for hydroxylation is 2. The van der Waals surface area contributed by atoms with E-state index >= 15 is 0 Å². The van der Waals surface area contributed by atoms with E-state index in [1.165, 1.54) is 5.56 Å². The van der Waals surface area contributed by atoms with Crippen LogP contribution in [0.15, 0.2) is 54.6 Å². The van der Waals surface area contributed by atoms with Gasteiger partial charge in [0.2, 0.25) is 5.91 Å². The number of anilines is 1. The van der Waals surface area contributed by atoms with E-state index in [0.717, 1.165) is 51.8 Å². The van der Waals surface area contributed by atoms with Crippen LogP contribution in [-0.4, -0.2) is 33.8 Å². The third-order valence-corrected chi connectivity index (χ3v) is 7.59. The van der Waals surface area contributed by atoms with Gasteiger partial charge in [0.05, 0.1) is 28.0 Å².